The summed E-state index contributed by atoms with van der Waals surface area (Å²) in [5.74, 6) is -0.217. The van der Waals surface area contributed by atoms with E-state index in [2.05, 4.69) is 0 Å². The normalized spacial score (nSPS) is 15.7. The van der Waals surface area contributed by atoms with Crippen LogP contribution in [-0.2, 0) is 23.0 Å². The summed E-state index contributed by atoms with van der Waals surface area (Å²) >= 11 is 0. The van der Waals surface area contributed by atoms with Gasteiger partial charge in [-0.1, -0.05) is 54.6 Å². The summed E-state index contributed by atoms with van der Waals surface area (Å²) in [7, 11) is -2.06. The molecule has 1 aliphatic rings. The minimum atomic E-state index is -3.78. The van der Waals surface area contributed by atoms with Gasteiger partial charge in [-0.2, -0.15) is 0 Å². The minimum absolute atomic E-state index is 0.130. The van der Waals surface area contributed by atoms with E-state index < -0.39 is 10.0 Å². The Hall–Kier alpha value is -3.12. The van der Waals surface area contributed by atoms with E-state index >= 15 is 0 Å². The average molecular weight is 421 g/mol. The lowest BCUT2D eigenvalue weighted by Gasteiger charge is -2.25. The van der Waals surface area contributed by atoms with Crippen molar-refractivity contribution in [3.8, 4) is 0 Å². The standard InChI is InChI=1S/C24H24N2O3S/c1-18-15-20-11-6-7-14-23(20)26(18)30(28,29)22-13-8-12-21(16-22)24(27)25(2)17-19-9-4-3-5-10-19/h3-14,16,18H,15,17H2,1-2H3. The maximum absolute atomic E-state index is 13.4. The SMILES string of the molecule is CC1Cc2ccccc2N1S(=O)(=O)c1cccc(C(=O)N(C)Cc2ccccc2)c1. The van der Waals surface area contributed by atoms with Gasteiger partial charge in [-0.3, -0.25) is 9.10 Å². The molecule has 0 aliphatic carbocycles. The number of fused-ring (bicyclic) bond motifs is 1. The molecule has 0 spiro atoms. The second-order valence-corrected chi connectivity index (χ2v) is 9.47. The van der Waals surface area contributed by atoms with Gasteiger partial charge in [0.05, 0.1) is 10.6 Å². The van der Waals surface area contributed by atoms with Crippen molar-refractivity contribution in [2.45, 2.75) is 30.8 Å². The Morgan fingerprint density at radius 1 is 1.00 bits per heavy atom. The fourth-order valence-electron chi connectivity index (χ4n) is 3.96. The fourth-order valence-corrected chi connectivity index (χ4v) is 5.69. The summed E-state index contributed by atoms with van der Waals surface area (Å²) in [6, 6.07) is 23.4. The van der Waals surface area contributed by atoms with Gasteiger partial charge in [0.1, 0.15) is 0 Å². The van der Waals surface area contributed by atoms with Crippen molar-refractivity contribution < 1.29 is 13.2 Å². The molecule has 0 bridgehead atoms. The van der Waals surface area contributed by atoms with Crippen molar-refractivity contribution in [3.63, 3.8) is 0 Å². The third-order valence-electron chi connectivity index (χ3n) is 5.39. The number of sulfonamides is 1. The maximum atomic E-state index is 13.4. The Labute approximate surface area is 177 Å². The summed E-state index contributed by atoms with van der Waals surface area (Å²) in [5, 5.41) is 0. The molecular weight excluding hydrogens is 396 g/mol. The van der Waals surface area contributed by atoms with Crippen LogP contribution in [0.1, 0.15) is 28.4 Å². The first kappa shape index (κ1) is 20.2. The highest BCUT2D eigenvalue weighted by Gasteiger charge is 2.36. The monoisotopic (exact) mass is 420 g/mol. The van der Waals surface area contributed by atoms with Gasteiger partial charge in [-0.15, -0.1) is 0 Å². The average Bonchev–Trinajstić information content (AvgIpc) is 3.10. The molecule has 0 saturated carbocycles. The topological polar surface area (TPSA) is 57.7 Å². The fraction of sp³-hybridized carbons (Fsp3) is 0.208. The lowest BCUT2D eigenvalue weighted by Crippen LogP contribution is -2.36. The van der Waals surface area contributed by atoms with E-state index in [1.807, 2.05) is 61.5 Å². The summed E-state index contributed by atoms with van der Waals surface area (Å²) in [6.45, 7) is 2.35. The number of anilines is 1. The molecule has 1 heterocycles. The maximum Gasteiger partial charge on any atom is 0.264 e. The first-order valence-electron chi connectivity index (χ1n) is 9.90. The third kappa shape index (κ3) is 3.71. The molecule has 154 valence electrons. The van der Waals surface area contributed by atoms with Crippen molar-refractivity contribution in [2.75, 3.05) is 11.4 Å². The van der Waals surface area contributed by atoms with Crippen LogP contribution in [0.3, 0.4) is 0 Å². The van der Waals surface area contributed by atoms with Crippen molar-refractivity contribution in [1.82, 2.24) is 4.90 Å². The predicted octanol–water partition coefficient (Wildman–Crippen LogP) is 4.10. The molecule has 4 rings (SSSR count). The van der Waals surface area contributed by atoms with Crippen LogP contribution in [0.25, 0.3) is 0 Å². The largest absolute Gasteiger partial charge is 0.337 e. The highest BCUT2D eigenvalue weighted by Crippen LogP contribution is 2.36. The molecule has 0 fully saturated rings. The van der Waals surface area contributed by atoms with Gasteiger partial charge < -0.3 is 4.90 Å². The first-order chi connectivity index (χ1) is 14.4. The number of hydrogen-bond acceptors (Lipinski definition) is 3. The van der Waals surface area contributed by atoms with Crippen LogP contribution < -0.4 is 4.31 Å². The third-order valence-corrected chi connectivity index (χ3v) is 7.32. The lowest BCUT2D eigenvalue weighted by atomic mass is 10.1. The lowest BCUT2D eigenvalue weighted by molar-refractivity contribution is 0.0785. The highest BCUT2D eigenvalue weighted by molar-refractivity contribution is 7.92. The van der Waals surface area contributed by atoms with Gasteiger partial charge in [-0.25, -0.2) is 8.42 Å². The number of nitrogens with zero attached hydrogens (tertiary/aromatic N) is 2. The number of carbonyl (C=O) groups excluding carboxylic acids is 1. The Morgan fingerprint density at radius 2 is 1.70 bits per heavy atom. The Bertz CT molecular complexity index is 1180. The minimum Gasteiger partial charge on any atom is -0.337 e. The molecule has 3 aromatic rings. The van der Waals surface area contributed by atoms with Crippen molar-refractivity contribution >= 4 is 21.6 Å². The zero-order valence-corrected chi connectivity index (χ0v) is 17.8. The molecule has 0 N–H and O–H groups in total. The summed E-state index contributed by atoms with van der Waals surface area (Å²) in [4.78, 5) is 14.7. The molecule has 1 amide bonds. The second kappa shape index (κ2) is 7.95. The Balaban J connectivity index is 1.62. The van der Waals surface area contributed by atoms with Crippen LogP contribution in [0.5, 0.6) is 0 Å². The van der Waals surface area contributed by atoms with Gasteiger partial charge in [0, 0.05) is 25.2 Å². The summed E-state index contributed by atoms with van der Waals surface area (Å²) < 4.78 is 28.4. The number of carbonyl (C=O) groups is 1. The highest BCUT2D eigenvalue weighted by atomic mass is 32.2. The van der Waals surface area contributed by atoms with Crippen LogP contribution in [-0.4, -0.2) is 32.3 Å². The predicted molar refractivity (Wildman–Crippen MR) is 118 cm³/mol. The van der Waals surface area contributed by atoms with Crippen LogP contribution in [0, 0.1) is 0 Å². The number of benzene rings is 3. The molecule has 6 heteroatoms. The number of para-hydroxylation sites is 1. The van der Waals surface area contributed by atoms with E-state index in [1.54, 1.807) is 30.1 Å². The molecule has 3 aromatic carbocycles. The van der Waals surface area contributed by atoms with E-state index in [0.717, 1.165) is 11.1 Å². The smallest absolute Gasteiger partial charge is 0.264 e. The summed E-state index contributed by atoms with van der Waals surface area (Å²) in [5.41, 5.74) is 3.10. The van der Waals surface area contributed by atoms with Gasteiger partial charge in [0.15, 0.2) is 0 Å². The zero-order valence-electron chi connectivity index (χ0n) is 17.0. The molecule has 1 atom stereocenters. The molecule has 0 aromatic heterocycles. The molecule has 0 radical (unpaired) electrons. The summed E-state index contributed by atoms with van der Waals surface area (Å²) in [6.07, 6.45) is 0.674. The number of rotatable bonds is 5. The zero-order chi connectivity index (χ0) is 21.3. The number of amides is 1. The quantitative estimate of drug-likeness (QED) is 0.624. The van der Waals surface area contributed by atoms with Gasteiger partial charge >= 0.3 is 0 Å². The van der Waals surface area contributed by atoms with Gasteiger partial charge in [0.2, 0.25) is 0 Å². The van der Waals surface area contributed by atoms with E-state index in [1.165, 1.54) is 10.4 Å². The molecule has 0 saturated heterocycles. The Kier molecular flexibility index (Phi) is 5.35. The van der Waals surface area contributed by atoms with E-state index in [0.29, 0.717) is 24.2 Å². The second-order valence-electron chi connectivity index (χ2n) is 7.66. The van der Waals surface area contributed by atoms with Crippen LogP contribution >= 0.6 is 0 Å². The van der Waals surface area contributed by atoms with Crippen LogP contribution in [0.2, 0.25) is 0 Å². The van der Waals surface area contributed by atoms with Crippen molar-refractivity contribution in [3.05, 3.63) is 95.6 Å². The van der Waals surface area contributed by atoms with Crippen molar-refractivity contribution in [1.29, 1.82) is 0 Å². The molecule has 30 heavy (non-hydrogen) atoms. The van der Waals surface area contributed by atoms with Gasteiger partial charge in [-0.05, 0) is 48.7 Å². The molecule has 1 unspecified atom stereocenters. The van der Waals surface area contributed by atoms with Crippen LogP contribution in [0.15, 0.2) is 83.8 Å². The van der Waals surface area contributed by atoms with Crippen molar-refractivity contribution in [2.24, 2.45) is 0 Å². The number of hydrogen-bond donors (Lipinski definition) is 0. The molecule has 5 nitrogen and oxygen atoms in total. The van der Waals surface area contributed by atoms with Crippen LogP contribution in [0.4, 0.5) is 5.69 Å². The first-order valence-corrected chi connectivity index (χ1v) is 11.3. The van der Waals surface area contributed by atoms with E-state index in [9.17, 15) is 13.2 Å². The molecular formula is C24H24N2O3S. The van der Waals surface area contributed by atoms with E-state index in [4.69, 9.17) is 0 Å². The van der Waals surface area contributed by atoms with Gasteiger partial charge in [0.25, 0.3) is 15.9 Å². The van der Waals surface area contributed by atoms with E-state index in [-0.39, 0.29) is 16.8 Å². The Morgan fingerprint density at radius 3 is 2.47 bits per heavy atom. The molecule has 1 aliphatic heterocycles.